The van der Waals surface area contributed by atoms with Gasteiger partial charge < -0.3 is 15.3 Å². The Kier molecular flexibility index (Phi) is 4.71. The van der Waals surface area contributed by atoms with Gasteiger partial charge in [-0.2, -0.15) is 4.98 Å². The molecule has 0 aliphatic carbocycles. The van der Waals surface area contributed by atoms with Crippen LogP contribution in [0, 0.1) is 6.92 Å². The third kappa shape index (κ3) is 3.60. The van der Waals surface area contributed by atoms with E-state index >= 15 is 0 Å². The fourth-order valence-electron chi connectivity index (χ4n) is 3.11. The van der Waals surface area contributed by atoms with Crippen LogP contribution in [0.25, 0.3) is 10.3 Å². The van der Waals surface area contributed by atoms with Crippen LogP contribution in [0.5, 0.6) is 0 Å². The number of anilines is 1. The van der Waals surface area contributed by atoms with Gasteiger partial charge in [0.25, 0.3) is 5.91 Å². The molecule has 4 heterocycles. The summed E-state index contributed by atoms with van der Waals surface area (Å²) in [6.45, 7) is 4.69. The van der Waals surface area contributed by atoms with Crippen LogP contribution in [-0.4, -0.2) is 55.0 Å². The molecule has 3 aromatic heterocycles. The van der Waals surface area contributed by atoms with Crippen molar-refractivity contribution in [2.24, 2.45) is 0 Å². The fraction of sp³-hybridized carbons (Fsp3) is 0.389. The summed E-state index contributed by atoms with van der Waals surface area (Å²) in [6.07, 6.45) is 1.84. The van der Waals surface area contributed by atoms with Crippen LogP contribution >= 0.6 is 11.3 Å². The van der Waals surface area contributed by atoms with Crippen molar-refractivity contribution >= 4 is 33.5 Å². The fourth-order valence-corrected chi connectivity index (χ4v) is 3.95. The predicted octanol–water partition coefficient (Wildman–Crippen LogP) is 2.17. The zero-order valence-electron chi connectivity index (χ0n) is 15.1. The molecule has 0 spiro atoms. The Morgan fingerprint density at radius 2 is 2.22 bits per heavy atom. The number of aliphatic hydroxyl groups is 1. The topological polar surface area (TPSA) is 104 Å². The number of likely N-dealkylation sites (tertiary alicyclic amines) is 1. The molecule has 1 aliphatic heterocycles. The third-order valence-electron chi connectivity index (χ3n) is 4.49. The van der Waals surface area contributed by atoms with Crippen molar-refractivity contribution in [3.05, 3.63) is 40.8 Å². The van der Waals surface area contributed by atoms with E-state index in [0.29, 0.717) is 41.5 Å². The van der Waals surface area contributed by atoms with E-state index < -0.39 is 6.10 Å². The Morgan fingerprint density at radius 1 is 1.37 bits per heavy atom. The van der Waals surface area contributed by atoms with Gasteiger partial charge in [0, 0.05) is 19.3 Å². The zero-order chi connectivity index (χ0) is 19.0. The summed E-state index contributed by atoms with van der Waals surface area (Å²) in [5.41, 5.74) is 1.69. The number of hydrogen-bond donors (Lipinski definition) is 2. The van der Waals surface area contributed by atoms with Gasteiger partial charge in [-0.15, -0.1) is 11.3 Å². The highest BCUT2D eigenvalue weighted by Gasteiger charge is 2.29. The van der Waals surface area contributed by atoms with Gasteiger partial charge in [-0.25, -0.2) is 9.97 Å². The van der Waals surface area contributed by atoms with E-state index in [1.54, 1.807) is 11.1 Å². The Labute approximate surface area is 160 Å². The van der Waals surface area contributed by atoms with Crippen molar-refractivity contribution in [2.75, 3.05) is 18.4 Å². The Balaban J connectivity index is 1.69. The lowest BCUT2D eigenvalue weighted by Gasteiger charge is -2.17. The molecule has 1 amide bonds. The largest absolute Gasteiger partial charge is 0.391 e. The number of nitrogens with zero attached hydrogens (tertiary/aromatic N) is 5. The van der Waals surface area contributed by atoms with E-state index in [9.17, 15) is 9.90 Å². The number of carbonyl (C=O) groups excluding carboxylic acids is 1. The van der Waals surface area contributed by atoms with Crippen molar-refractivity contribution in [1.29, 1.82) is 0 Å². The van der Waals surface area contributed by atoms with Gasteiger partial charge in [0.05, 0.1) is 22.8 Å². The number of nitrogens with one attached hydrogen (secondary N) is 1. The number of rotatable bonds is 4. The number of fused-ring (bicyclic) bond motifs is 1. The molecule has 0 aromatic carbocycles. The third-order valence-corrected chi connectivity index (χ3v) is 5.46. The lowest BCUT2D eigenvalue weighted by atomic mass is 10.2. The first-order valence-electron chi connectivity index (χ1n) is 8.81. The van der Waals surface area contributed by atoms with Gasteiger partial charge in [-0.3, -0.25) is 9.78 Å². The maximum Gasteiger partial charge on any atom is 0.274 e. The van der Waals surface area contributed by atoms with Crippen LogP contribution in [0.2, 0.25) is 0 Å². The summed E-state index contributed by atoms with van der Waals surface area (Å²) in [5, 5.41) is 13.8. The number of thiazole rings is 1. The molecule has 3 aromatic rings. The second-order valence-corrected chi connectivity index (χ2v) is 7.80. The summed E-state index contributed by atoms with van der Waals surface area (Å²) in [4.78, 5) is 32.4. The number of β-amino-alcohol motifs (C(OH)–C–C–N with tert-alkyl or cyclic N) is 1. The second kappa shape index (κ2) is 7.16. The molecule has 0 bridgehead atoms. The predicted molar refractivity (Wildman–Crippen MR) is 103 cm³/mol. The van der Waals surface area contributed by atoms with Gasteiger partial charge >= 0.3 is 0 Å². The number of aliphatic hydroxyl groups excluding tert-OH is 1. The highest BCUT2D eigenvalue weighted by atomic mass is 32.1. The van der Waals surface area contributed by atoms with Crippen molar-refractivity contribution in [3.63, 3.8) is 0 Å². The zero-order valence-corrected chi connectivity index (χ0v) is 15.9. The molecular formula is C18H20N6O2S. The molecule has 2 unspecified atom stereocenters. The van der Waals surface area contributed by atoms with E-state index in [4.69, 9.17) is 0 Å². The first kappa shape index (κ1) is 17.7. The van der Waals surface area contributed by atoms with Gasteiger partial charge in [0.15, 0.2) is 11.3 Å². The number of carbonyl (C=O) groups is 1. The SMILES string of the molecule is Cc1nc2nc(NC(C)c3ccccn3)nc(C(=O)N3CCC(O)C3)c2s1. The highest BCUT2D eigenvalue weighted by Crippen LogP contribution is 2.27. The van der Waals surface area contributed by atoms with Gasteiger partial charge in [-0.1, -0.05) is 6.07 Å². The lowest BCUT2D eigenvalue weighted by Crippen LogP contribution is -2.30. The number of aryl methyl sites for hydroxylation is 1. The van der Waals surface area contributed by atoms with Crippen LogP contribution in [0.15, 0.2) is 24.4 Å². The average Bonchev–Trinajstić information content (AvgIpc) is 3.26. The maximum absolute atomic E-state index is 13.0. The summed E-state index contributed by atoms with van der Waals surface area (Å²) in [7, 11) is 0. The van der Waals surface area contributed by atoms with Gasteiger partial charge in [-0.05, 0) is 32.4 Å². The van der Waals surface area contributed by atoms with E-state index in [0.717, 1.165) is 10.7 Å². The molecule has 140 valence electrons. The van der Waals surface area contributed by atoms with E-state index in [1.165, 1.54) is 11.3 Å². The van der Waals surface area contributed by atoms with Gasteiger partial charge in [0.1, 0.15) is 4.70 Å². The first-order chi connectivity index (χ1) is 13.0. The molecule has 9 heteroatoms. The molecule has 27 heavy (non-hydrogen) atoms. The molecule has 0 radical (unpaired) electrons. The molecule has 4 rings (SSSR count). The monoisotopic (exact) mass is 384 g/mol. The molecule has 1 fully saturated rings. The normalized spacial score (nSPS) is 18.0. The van der Waals surface area contributed by atoms with Crippen LogP contribution in [0.4, 0.5) is 5.95 Å². The Bertz CT molecular complexity index is 977. The summed E-state index contributed by atoms with van der Waals surface area (Å²) in [6, 6.07) is 5.57. The van der Waals surface area contributed by atoms with Crippen LogP contribution in [-0.2, 0) is 0 Å². The molecule has 2 atom stereocenters. The van der Waals surface area contributed by atoms with Crippen LogP contribution in [0.1, 0.15) is 40.6 Å². The molecule has 0 saturated carbocycles. The minimum Gasteiger partial charge on any atom is -0.391 e. The molecule has 1 aliphatic rings. The molecule has 2 N–H and O–H groups in total. The molecule has 1 saturated heterocycles. The molecule has 8 nitrogen and oxygen atoms in total. The summed E-state index contributed by atoms with van der Waals surface area (Å²) >= 11 is 1.40. The minimum atomic E-state index is -0.476. The number of aromatic nitrogens is 4. The number of amides is 1. The Hall–Kier alpha value is -2.65. The van der Waals surface area contributed by atoms with E-state index in [2.05, 4.69) is 25.3 Å². The lowest BCUT2D eigenvalue weighted by molar-refractivity contribution is 0.0761. The van der Waals surface area contributed by atoms with Crippen molar-refractivity contribution < 1.29 is 9.90 Å². The quantitative estimate of drug-likeness (QED) is 0.710. The maximum atomic E-state index is 13.0. The number of hydrogen-bond acceptors (Lipinski definition) is 8. The molecular weight excluding hydrogens is 364 g/mol. The summed E-state index contributed by atoms with van der Waals surface area (Å²) < 4.78 is 0.676. The standard InChI is InChI=1S/C18H20N6O2S/c1-10(13-5-3-4-7-19-13)20-18-22-14(15-16(23-18)21-11(2)27-15)17(26)24-8-6-12(25)9-24/h3-5,7,10,12,25H,6,8-9H2,1-2H3,(H,20,22,23). The Morgan fingerprint density at radius 3 is 2.93 bits per heavy atom. The van der Waals surface area contributed by atoms with Crippen molar-refractivity contribution in [3.8, 4) is 0 Å². The smallest absolute Gasteiger partial charge is 0.274 e. The van der Waals surface area contributed by atoms with Crippen molar-refractivity contribution in [2.45, 2.75) is 32.4 Å². The van der Waals surface area contributed by atoms with Crippen LogP contribution < -0.4 is 5.32 Å². The highest BCUT2D eigenvalue weighted by molar-refractivity contribution is 7.18. The van der Waals surface area contributed by atoms with Gasteiger partial charge in [0.2, 0.25) is 5.95 Å². The second-order valence-electron chi connectivity index (χ2n) is 6.60. The van der Waals surface area contributed by atoms with Crippen LogP contribution in [0.3, 0.4) is 0 Å². The van der Waals surface area contributed by atoms with Crippen molar-refractivity contribution in [1.82, 2.24) is 24.8 Å². The average molecular weight is 384 g/mol. The van der Waals surface area contributed by atoms with E-state index in [-0.39, 0.29) is 11.9 Å². The first-order valence-corrected chi connectivity index (χ1v) is 9.63. The van der Waals surface area contributed by atoms with E-state index in [1.807, 2.05) is 32.0 Å². The number of pyridine rings is 1. The minimum absolute atomic E-state index is 0.125. The summed E-state index contributed by atoms with van der Waals surface area (Å²) in [5.74, 6) is 0.144.